The Labute approximate surface area is 82.9 Å². The summed E-state index contributed by atoms with van der Waals surface area (Å²) in [5.41, 5.74) is -0.385. The largest absolute Gasteiger partial charge is 0.360 e. The highest BCUT2D eigenvalue weighted by Gasteiger charge is 2.26. The van der Waals surface area contributed by atoms with Gasteiger partial charge in [0.05, 0.1) is 9.81 Å². The molecule has 1 N–H and O–H groups in total. The zero-order chi connectivity index (χ0) is 10.7. The summed E-state index contributed by atoms with van der Waals surface area (Å²) in [6.07, 6.45) is 1.02. The summed E-state index contributed by atoms with van der Waals surface area (Å²) in [6.45, 7) is 0. The van der Waals surface area contributed by atoms with Crippen molar-refractivity contribution in [1.29, 1.82) is 0 Å². The molecule has 74 valence electrons. The third kappa shape index (κ3) is 1.94. The molecule has 0 saturated heterocycles. The first kappa shape index (κ1) is 10.3. The van der Waals surface area contributed by atoms with E-state index >= 15 is 0 Å². The molecule has 0 atom stereocenters. The fraction of sp³-hybridized carbons (Fsp3) is 0.167. The molecule has 0 spiro atoms. The number of hydrogen-bond acceptors (Lipinski definition) is 4. The van der Waals surface area contributed by atoms with Crippen molar-refractivity contribution in [3.63, 3.8) is 0 Å². The van der Waals surface area contributed by atoms with E-state index in [4.69, 9.17) is 16.8 Å². The Hall–Kier alpha value is -1.76. The number of nitrogens with zero attached hydrogens (tertiary/aromatic N) is 3. The van der Waals surface area contributed by atoms with Gasteiger partial charge in [0.25, 0.3) is 9.85 Å². The van der Waals surface area contributed by atoms with Crippen molar-refractivity contribution in [2.24, 2.45) is 0 Å². The van der Waals surface area contributed by atoms with Crippen LogP contribution in [0.2, 0.25) is 5.15 Å². The second-order valence-electron chi connectivity index (χ2n) is 2.22. The van der Waals surface area contributed by atoms with E-state index in [2.05, 4.69) is 9.82 Å². The average Bonchev–Trinajstić information content (AvgIpc) is 2.17. The Morgan fingerprint density at radius 2 is 2.21 bits per heavy atom. The lowest BCUT2D eigenvalue weighted by atomic mass is 10.4. The van der Waals surface area contributed by atoms with E-state index < -0.39 is 4.92 Å². The minimum absolute atomic E-state index is 0.0718. The van der Waals surface area contributed by atoms with Gasteiger partial charge >= 0.3 is 11.4 Å². The molecule has 7 nitrogen and oxygen atoms in total. The van der Waals surface area contributed by atoms with Crippen LogP contribution in [0.1, 0.15) is 0 Å². The van der Waals surface area contributed by atoms with Gasteiger partial charge in [-0.2, -0.15) is 0 Å². The quantitative estimate of drug-likeness (QED) is 0.615. The molecule has 0 saturated carbocycles. The first-order chi connectivity index (χ1) is 6.56. The number of pyridine rings is 1. The molecule has 0 aromatic carbocycles. The molecule has 1 aromatic rings. The molecule has 0 aliphatic rings. The Morgan fingerprint density at radius 3 is 2.71 bits per heavy atom. The Kier molecular flexibility index (Phi) is 2.92. The van der Waals surface area contributed by atoms with Crippen molar-refractivity contribution < 1.29 is 19.9 Å². The highest BCUT2D eigenvalue weighted by molar-refractivity contribution is 6.31. The van der Waals surface area contributed by atoms with Gasteiger partial charge in [-0.15, -0.1) is 0 Å². The standard InChI is InChI=1S/C6H6ClN3O4/c1-14-10(13)5-2-4(9(11)12)3-8-6(5)7/h2-3H,1H3,(H,11,12)/q+2. The zero-order valence-electron chi connectivity index (χ0n) is 7.05. The lowest BCUT2D eigenvalue weighted by Gasteiger charge is -1.89. The zero-order valence-corrected chi connectivity index (χ0v) is 7.80. The fourth-order valence-corrected chi connectivity index (χ4v) is 0.929. The topological polar surface area (TPSA) is 82.5 Å². The maximum Gasteiger partial charge on any atom is 0.360 e. The lowest BCUT2D eigenvalue weighted by molar-refractivity contribution is -0.739. The highest BCUT2D eigenvalue weighted by atomic mass is 35.5. The first-order valence-corrected chi connectivity index (χ1v) is 3.77. The van der Waals surface area contributed by atoms with Crippen molar-refractivity contribution >= 4 is 23.0 Å². The second-order valence-corrected chi connectivity index (χ2v) is 2.57. The van der Waals surface area contributed by atoms with Crippen molar-refractivity contribution in [2.45, 2.75) is 0 Å². The van der Waals surface area contributed by atoms with E-state index in [-0.39, 0.29) is 21.5 Å². The van der Waals surface area contributed by atoms with Gasteiger partial charge in [0.1, 0.15) is 12.3 Å². The molecule has 14 heavy (non-hydrogen) atoms. The lowest BCUT2D eigenvalue weighted by Crippen LogP contribution is -2.01. The molecule has 0 aliphatic heterocycles. The van der Waals surface area contributed by atoms with Gasteiger partial charge in [0.2, 0.25) is 5.15 Å². The Bertz CT molecular complexity index is 395. The van der Waals surface area contributed by atoms with Crippen LogP contribution in [0, 0.1) is 9.81 Å². The number of aromatic nitrogens is 1. The van der Waals surface area contributed by atoms with Crippen LogP contribution in [0.15, 0.2) is 12.3 Å². The van der Waals surface area contributed by atoms with E-state index in [1.807, 2.05) is 0 Å². The monoisotopic (exact) mass is 219 g/mol. The SMILES string of the molecule is CO[N+](=O)c1cc([N+](=O)O)cnc1Cl. The molecular weight excluding hydrogens is 214 g/mol. The predicted molar refractivity (Wildman–Crippen MR) is 44.6 cm³/mol. The fourth-order valence-electron chi connectivity index (χ4n) is 0.757. The molecule has 0 unspecified atom stereocenters. The van der Waals surface area contributed by atoms with Crippen molar-refractivity contribution in [2.75, 3.05) is 7.11 Å². The normalized spacial score (nSPS) is 9.57. The summed E-state index contributed by atoms with van der Waals surface area (Å²) in [6, 6.07) is 1.04. The van der Waals surface area contributed by atoms with Crippen LogP contribution in [0.3, 0.4) is 0 Å². The van der Waals surface area contributed by atoms with Crippen LogP contribution in [0.4, 0.5) is 11.4 Å². The van der Waals surface area contributed by atoms with Gasteiger partial charge in [-0.3, -0.25) is 0 Å². The molecule has 0 radical (unpaired) electrons. The Balaban J connectivity index is 3.21. The molecule has 0 aliphatic carbocycles. The average molecular weight is 220 g/mol. The van der Waals surface area contributed by atoms with E-state index in [1.165, 1.54) is 0 Å². The van der Waals surface area contributed by atoms with Crippen LogP contribution >= 0.6 is 11.6 Å². The van der Waals surface area contributed by atoms with Crippen LogP contribution in [0.25, 0.3) is 0 Å². The van der Waals surface area contributed by atoms with E-state index in [9.17, 15) is 9.81 Å². The van der Waals surface area contributed by atoms with Gasteiger partial charge in [-0.1, -0.05) is 11.6 Å². The third-order valence-corrected chi connectivity index (χ3v) is 1.68. The predicted octanol–water partition coefficient (Wildman–Crippen LogP) is 1.51. The summed E-state index contributed by atoms with van der Waals surface area (Å²) in [4.78, 5) is 28.9. The van der Waals surface area contributed by atoms with E-state index in [0.717, 1.165) is 19.4 Å². The summed E-state index contributed by atoms with van der Waals surface area (Å²) in [5, 5.41) is 8.39. The summed E-state index contributed by atoms with van der Waals surface area (Å²) >= 11 is 5.54. The first-order valence-electron chi connectivity index (χ1n) is 3.39. The van der Waals surface area contributed by atoms with Gasteiger partial charge in [-0.25, -0.2) is 15.0 Å². The maximum absolute atomic E-state index is 11.0. The van der Waals surface area contributed by atoms with Gasteiger partial charge in [0.15, 0.2) is 7.11 Å². The maximum atomic E-state index is 11.0. The number of rotatable bonds is 3. The molecule has 0 fully saturated rings. The summed E-state index contributed by atoms with van der Waals surface area (Å²) in [5.74, 6) is 0. The second kappa shape index (κ2) is 3.97. The number of halogens is 1. The number of hydrogen-bond donors (Lipinski definition) is 1. The molecule has 0 amide bonds. The Morgan fingerprint density at radius 1 is 1.57 bits per heavy atom. The van der Waals surface area contributed by atoms with Gasteiger partial charge in [0, 0.05) is 0 Å². The smallest absolute Gasteiger partial charge is 0.241 e. The third-order valence-electron chi connectivity index (χ3n) is 1.39. The minimum Gasteiger partial charge on any atom is -0.241 e. The molecular formula is C6H6ClN3O4+2. The van der Waals surface area contributed by atoms with E-state index in [0.29, 0.717) is 0 Å². The van der Waals surface area contributed by atoms with Crippen LogP contribution in [-0.2, 0) is 4.84 Å². The van der Waals surface area contributed by atoms with Crippen LogP contribution in [-0.4, -0.2) is 27.1 Å². The van der Waals surface area contributed by atoms with Gasteiger partial charge < -0.3 is 0 Å². The molecule has 1 heterocycles. The minimum atomic E-state index is -0.434. The van der Waals surface area contributed by atoms with Crippen molar-refractivity contribution in [3.8, 4) is 0 Å². The van der Waals surface area contributed by atoms with Crippen molar-refractivity contribution in [1.82, 2.24) is 4.98 Å². The summed E-state index contributed by atoms with van der Waals surface area (Å²) < 4.78 is 0. The molecule has 1 rings (SSSR count). The van der Waals surface area contributed by atoms with Crippen molar-refractivity contribution in [3.05, 3.63) is 27.2 Å². The summed E-state index contributed by atoms with van der Waals surface area (Å²) in [7, 11) is 1.13. The molecule has 0 bridgehead atoms. The molecule has 1 aromatic heterocycles. The van der Waals surface area contributed by atoms with E-state index in [1.54, 1.807) is 0 Å². The van der Waals surface area contributed by atoms with Gasteiger partial charge in [-0.05, 0) is 0 Å². The van der Waals surface area contributed by atoms with Crippen LogP contribution in [0.5, 0.6) is 0 Å². The molecule has 8 heteroatoms. The highest BCUT2D eigenvalue weighted by Crippen LogP contribution is 2.25. The van der Waals surface area contributed by atoms with Crippen LogP contribution < -0.4 is 0 Å².